The zero-order valence-electron chi connectivity index (χ0n) is 18.1. The Hall–Kier alpha value is -3.83. The number of halogens is 6. The van der Waals surface area contributed by atoms with Crippen molar-refractivity contribution in [2.75, 3.05) is 5.32 Å². The molecule has 0 radical (unpaired) electrons. The maximum absolute atomic E-state index is 16.0. The third-order valence-electron chi connectivity index (χ3n) is 5.36. The van der Waals surface area contributed by atoms with Crippen molar-refractivity contribution in [2.24, 2.45) is 5.73 Å². The summed E-state index contributed by atoms with van der Waals surface area (Å²) in [4.78, 5) is 30.6. The highest BCUT2D eigenvalue weighted by Crippen LogP contribution is 2.48. The highest BCUT2D eigenvalue weighted by molar-refractivity contribution is 6.42. The lowest BCUT2D eigenvalue weighted by Crippen LogP contribution is -2.41. The number of anilines is 1. The fourth-order valence-corrected chi connectivity index (χ4v) is 4.17. The van der Waals surface area contributed by atoms with Gasteiger partial charge in [0.1, 0.15) is 11.5 Å². The Labute approximate surface area is 205 Å². The zero-order chi connectivity index (χ0) is 26.3. The van der Waals surface area contributed by atoms with Crippen LogP contribution in [0, 0.1) is 5.82 Å². The van der Waals surface area contributed by atoms with Crippen LogP contribution in [0.1, 0.15) is 23.2 Å². The van der Waals surface area contributed by atoms with E-state index >= 15 is 4.39 Å². The van der Waals surface area contributed by atoms with Gasteiger partial charge in [0.2, 0.25) is 5.56 Å². The van der Waals surface area contributed by atoms with Gasteiger partial charge in [-0.3, -0.25) is 20.3 Å². The summed E-state index contributed by atoms with van der Waals surface area (Å²) in [5.41, 5.74) is 3.53. The predicted molar refractivity (Wildman–Crippen MR) is 124 cm³/mol. The number of hydrogen-bond donors (Lipinski definition) is 3. The zero-order valence-corrected chi connectivity index (χ0v) is 18.8. The van der Waals surface area contributed by atoms with Crippen molar-refractivity contribution in [1.29, 1.82) is 0 Å². The Bertz CT molecular complexity index is 1460. The van der Waals surface area contributed by atoms with E-state index in [1.165, 1.54) is 24.4 Å². The standard InChI is InChI=1S/C24H16ClF5N4O2/c25-21-16(22(36)34-15-6-8-32-17(10-15)24(28,29)30)11-23(27,31)20(12-1-3-14(26)4-2-12)19(21)13-5-7-33-18(35)9-13/h1-10H,11,31H2,(H,33,35)(H,32,34,36). The number of alkyl halides is 4. The number of carbonyl (C=O) groups is 1. The molecule has 0 saturated heterocycles. The Balaban J connectivity index is 1.87. The van der Waals surface area contributed by atoms with Crippen LogP contribution >= 0.6 is 11.6 Å². The number of pyridine rings is 2. The molecule has 0 saturated carbocycles. The lowest BCUT2D eigenvalue weighted by molar-refractivity contribution is -0.141. The number of nitrogens with two attached hydrogens (primary N) is 1. The number of nitrogens with zero attached hydrogens (tertiary/aromatic N) is 1. The predicted octanol–water partition coefficient (Wildman–Crippen LogP) is 5.00. The second-order valence-electron chi connectivity index (χ2n) is 7.91. The molecule has 2 aromatic heterocycles. The molecule has 4 rings (SSSR count). The summed E-state index contributed by atoms with van der Waals surface area (Å²) in [6.07, 6.45) is -3.38. The second-order valence-corrected chi connectivity index (χ2v) is 8.29. The van der Waals surface area contributed by atoms with Crippen LogP contribution in [0.5, 0.6) is 0 Å². The molecule has 1 aliphatic rings. The molecule has 2 heterocycles. The molecule has 0 aliphatic heterocycles. The number of nitrogens with one attached hydrogen (secondary N) is 2. The van der Waals surface area contributed by atoms with Gasteiger partial charge in [-0.25, -0.2) is 8.78 Å². The number of carbonyl (C=O) groups excluding carboxylic acids is 1. The van der Waals surface area contributed by atoms with Crippen LogP contribution in [0.25, 0.3) is 11.1 Å². The second kappa shape index (κ2) is 9.32. The van der Waals surface area contributed by atoms with Gasteiger partial charge >= 0.3 is 6.18 Å². The first-order valence-electron chi connectivity index (χ1n) is 10.3. The van der Waals surface area contributed by atoms with Crippen LogP contribution in [0.2, 0.25) is 0 Å². The third kappa shape index (κ3) is 5.07. The monoisotopic (exact) mass is 522 g/mol. The van der Waals surface area contributed by atoms with E-state index < -0.39 is 41.4 Å². The average molecular weight is 523 g/mol. The number of amides is 1. The van der Waals surface area contributed by atoms with E-state index in [4.69, 9.17) is 17.3 Å². The lowest BCUT2D eigenvalue weighted by Gasteiger charge is -2.33. The van der Waals surface area contributed by atoms with E-state index in [-0.39, 0.29) is 38.6 Å². The highest BCUT2D eigenvalue weighted by atomic mass is 35.5. The summed E-state index contributed by atoms with van der Waals surface area (Å²) >= 11 is 6.56. The lowest BCUT2D eigenvalue weighted by atomic mass is 9.80. The van der Waals surface area contributed by atoms with E-state index in [1.54, 1.807) is 0 Å². The first kappa shape index (κ1) is 25.3. The number of rotatable bonds is 4. The van der Waals surface area contributed by atoms with Gasteiger partial charge in [-0.2, -0.15) is 13.2 Å². The molecule has 1 atom stereocenters. The van der Waals surface area contributed by atoms with Crippen LogP contribution < -0.4 is 16.6 Å². The molecule has 4 N–H and O–H groups in total. The summed E-state index contributed by atoms with van der Waals surface area (Å²) in [7, 11) is 0. The number of allylic oxidation sites excluding steroid dienone is 2. The van der Waals surface area contributed by atoms with Crippen molar-refractivity contribution in [3.8, 4) is 0 Å². The van der Waals surface area contributed by atoms with Crippen LogP contribution in [0.3, 0.4) is 0 Å². The van der Waals surface area contributed by atoms with E-state index in [1.807, 2.05) is 0 Å². The summed E-state index contributed by atoms with van der Waals surface area (Å²) in [5, 5.41) is 1.98. The van der Waals surface area contributed by atoms with E-state index in [0.29, 0.717) is 6.07 Å². The summed E-state index contributed by atoms with van der Waals surface area (Å²) in [6, 6.07) is 8.93. The van der Waals surface area contributed by atoms with Gasteiger partial charge < -0.3 is 10.3 Å². The van der Waals surface area contributed by atoms with Gasteiger partial charge in [-0.1, -0.05) is 23.7 Å². The van der Waals surface area contributed by atoms with Crippen LogP contribution in [0.15, 0.2) is 76.3 Å². The maximum atomic E-state index is 16.0. The Morgan fingerprint density at radius 2 is 1.81 bits per heavy atom. The van der Waals surface area contributed by atoms with Crippen molar-refractivity contribution in [3.05, 3.63) is 105 Å². The first-order valence-corrected chi connectivity index (χ1v) is 10.7. The molecule has 0 spiro atoms. The van der Waals surface area contributed by atoms with Crippen molar-refractivity contribution < 1.29 is 26.7 Å². The molecule has 1 unspecified atom stereocenters. The first-order chi connectivity index (χ1) is 16.9. The van der Waals surface area contributed by atoms with Gasteiger partial charge in [0.15, 0.2) is 5.79 Å². The van der Waals surface area contributed by atoms with E-state index in [2.05, 4.69) is 15.3 Å². The molecule has 12 heteroatoms. The smallest absolute Gasteiger partial charge is 0.329 e. The molecule has 6 nitrogen and oxygen atoms in total. The SMILES string of the molecule is NC1(F)CC(C(=O)Nc2ccnc(C(F)(F)F)c2)=C(Cl)C(c2cc[nH]c(=O)c2)=C1c1ccc(F)cc1. The molecule has 36 heavy (non-hydrogen) atoms. The van der Waals surface area contributed by atoms with Crippen LogP contribution in [-0.2, 0) is 11.0 Å². The van der Waals surface area contributed by atoms with Crippen LogP contribution in [0.4, 0.5) is 27.6 Å². The molecular weight excluding hydrogens is 507 g/mol. The Morgan fingerprint density at radius 3 is 2.44 bits per heavy atom. The minimum Gasteiger partial charge on any atom is -0.329 e. The summed E-state index contributed by atoms with van der Waals surface area (Å²) < 4.78 is 68.5. The molecular formula is C24H16ClF5N4O2. The Morgan fingerprint density at radius 1 is 1.11 bits per heavy atom. The normalized spacial score (nSPS) is 18.4. The third-order valence-corrected chi connectivity index (χ3v) is 5.78. The number of aromatic amines is 1. The minimum atomic E-state index is -4.76. The minimum absolute atomic E-state index is 0.0958. The van der Waals surface area contributed by atoms with Crippen molar-refractivity contribution in [2.45, 2.75) is 18.4 Å². The van der Waals surface area contributed by atoms with Crippen molar-refractivity contribution in [1.82, 2.24) is 9.97 Å². The van der Waals surface area contributed by atoms with Gasteiger partial charge in [-0.05, 0) is 41.5 Å². The fourth-order valence-electron chi connectivity index (χ4n) is 3.81. The quantitative estimate of drug-likeness (QED) is 0.332. The number of hydrogen-bond acceptors (Lipinski definition) is 4. The summed E-state index contributed by atoms with van der Waals surface area (Å²) in [6.45, 7) is 0. The summed E-state index contributed by atoms with van der Waals surface area (Å²) in [5.74, 6) is -4.32. The number of benzene rings is 1. The van der Waals surface area contributed by atoms with E-state index in [0.717, 1.165) is 30.5 Å². The molecule has 186 valence electrons. The fraction of sp³-hybridized carbons (Fsp3) is 0.125. The number of aromatic nitrogens is 2. The molecule has 3 aromatic rings. The molecule has 0 fully saturated rings. The van der Waals surface area contributed by atoms with Crippen molar-refractivity contribution >= 4 is 34.3 Å². The van der Waals surface area contributed by atoms with Crippen molar-refractivity contribution in [3.63, 3.8) is 0 Å². The molecule has 1 aliphatic carbocycles. The van der Waals surface area contributed by atoms with E-state index in [9.17, 15) is 27.2 Å². The largest absolute Gasteiger partial charge is 0.433 e. The maximum Gasteiger partial charge on any atom is 0.433 e. The van der Waals surface area contributed by atoms with Crippen LogP contribution in [-0.4, -0.2) is 21.7 Å². The highest BCUT2D eigenvalue weighted by Gasteiger charge is 2.42. The molecule has 1 aromatic carbocycles. The van der Waals surface area contributed by atoms with Gasteiger partial charge in [0.05, 0.1) is 5.03 Å². The molecule has 0 bridgehead atoms. The van der Waals surface area contributed by atoms with Gasteiger partial charge in [0.25, 0.3) is 5.91 Å². The Kier molecular flexibility index (Phi) is 6.54. The van der Waals surface area contributed by atoms with Gasteiger partial charge in [-0.15, -0.1) is 0 Å². The van der Waals surface area contributed by atoms with Gasteiger partial charge in [0, 0.05) is 47.3 Å². The molecule has 1 amide bonds. The topological polar surface area (TPSA) is 101 Å². The average Bonchev–Trinajstić information content (AvgIpc) is 2.80. The number of H-pyrrole nitrogens is 1.